The first-order valence-electron chi connectivity index (χ1n) is 5.81. The van der Waals surface area contributed by atoms with Gasteiger partial charge in [-0.25, -0.2) is 0 Å². The molecule has 0 spiro atoms. The fourth-order valence-corrected chi connectivity index (χ4v) is 1.73. The minimum absolute atomic E-state index is 0.00379. The van der Waals surface area contributed by atoms with Gasteiger partial charge in [-0.05, 0) is 37.3 Å². The maximum Gasteiger partial charge on any atom is 0.250 e. The number of anilines is 1. The molecule has 4 nitrogen and oxygen atoms in total. The van der Waals surface area contributed by atoms with Gasteiger partial charge in [-0.15, -0.1) is 0 Å². The zero-order valence-corrected chi connectivity index (χ0v) is 10.3. The Hall–Kier alpha value is -2.23. The van der Waals surface area contributed by atoms with Crippen LogP contribution in [0, 0.1) is 6.92 Å². The van der Waals surface area contributed by atoms with Crippen molar-refractivity contribution in [1.82, 2.24) is 4.57 Å². The summed E-state index contributed by atoms with van der Waals surface area (Å²) >= 11 is 0. The molecule has 0 aliphatic rings. The minimum Gasteiger partial charge on any atom is -0.492 e. The van der Waals surface area contributed by atoms with Crippen LogP contribution in [0.3, 0.4) is 0 Å². The number of nitrogens with zero attached hydrogens (tertiary/aromatic N) is 1. The third kappa shape index (κ3) is 2.91. The van der Waals surface area contributed by atoms with Crippen molar-refractivity contribution in [2.45, 2.75) is 13.5 Å². The zero-order chi connectivity index (χ0) is 13.0. The average molecular weight is 244 g/mol. The van der Waals surface area contributed by atoms with Crippen molar-refractivity contribution in [3.05, 3.63) is 58.5 Å². The van der Waals surface area contributed by atoms with Gasteiger partial charge in [-0.2, -0.15) is 0 Å². The van der Waals surface area contributed by atoms with Gasteiger partial charge in [0.1, 0.15) is 12.4 Å². The van der Waals surface area contributed by atoms with E-state index < -0.39 is 0 Å². The second-order valence-corrected chi connectivity index (χ2v) is 4.07. The predicted octanol–water partition coefficient (Wildman–Crippen LogP) is 1.82. The minimum atomic E-state index is -0.00379. The number of aromatic nitrogens is 1. The molecule has 1 aromatic heterocycles. The molecule has 0 saturated heterocycles. The van der Waals surface area contributed by atoms with E-state index in [2.05, 4.69) is 0 Å². The Balaban J connectivity index is 1.96. The van der Waals surface area contributed by atoms with E-state index in [1.165, 1.54) is 0 Å². The van der Waals surface area contributed by atoms with Crippen molar-refractivity contribution >= 4 is 5.69 Å². The van der Waals surface area contributed by atoms with Crippen LogP contribution in [-0.4, -0.2) is 11.2 Å². The highest BCUT2D eigenvalue weighted by atomic mass is 16.5. The molecule has 0 aliphatic heterocycles. The number of nitrogens with two attached hydrogens (primary N) is 1. The van der Waals surface area contributed by atoms with Gasteiger partial charge < -0.3 is 15.0 Å². The van der Waals surface area contributed by atoms with Crippen molar-refractivity contribution < 1.29 is 4.74 Å². The fraction of sp³-hybridized carbons (Fsp3) is 0.214. The van der Waals surface area contributed by atoms with Crippen molar-refractivity contribution in [2.75, 3.05) is 12.3 Å². The van der Waals surface area contributed by atoms with Gasteiger partial charge in [0.05, 0.1) is 6.54 Å². The predicted molar refractivity (Wildman–Crippen MR) is 71.8 cm³/mol. The fourth-order valence-electron chi connectivity index (χ4n) is 1.73. The number of hydrogen-bond acceptors (Lipinski definition) is 3. The first-order chi connectivity index (χ1) is 8.66. The average Bonchev–Trinajstić information content (AvgIpc) is 2.35. The number of nitrogen functional groups attached to an aromatic ring is 1. The summed E-state index contributed by atoms with van der Waals surface area (Å²) in [6.07, 6.45) is 0. The van der Waals surface area contributed by atoms with Crippen LogP contribution in [0.5, 0.6) is 5.75 Å². The van der Waals surface area contributed by atoms with Gasteiger partial charge in [-0.3, -0.25) is 4.79 Å². The summed E-state index contributed by atoms with van der Waals surface area (Å²) in [7, 11) is 0. The Morgan fingerprint density at radius 2 is 1.89 bits per heavy atom. The van der Waals surface area contributed by atoms with Gasteiger partial charge in [-0.1, -0.05) is 6.07 Å². The Labute approximate surface area is 106 Å². The first-order valence-corrected chi connectivity index (χ1v) is 5.81. The van der Waals surface area contributed by atoms with E-state index in [4.69, 9.17) is 10.5 Å². The Kier molecular flexibility index (Phi) is 3.67. The van der Waals surface area contributed by atoms with E-state index >= 15 is 0 Å². The van der Waals surface area contributed by atoms with Crippen LogP contribution < -0.4 is 16.0 Å². The van der Waals surface area contributed by atoms with Crippen molar-refractivity contribution in [1.29, 1.82) is 0 Å². The highest BCUT2D eigenvalue weighted by molar-refractivity contribution is 5.41. The van der Waals surface area contributed by atoms with E-state index in [0.29, 0.717) is 18.8 Å². The molecule has 18 heavy (non-hydrogen) atoms. The smallest absolute Gasteiger partial charge is 0.250 e. The lowest BCUT2D eigenvalue weighted by atomic mass is 10.3. The van der Waals surface area contributed by atoms with Crippen LogP contribution in [-0.2, 0) is 6.54 Å². The number of pyridine rings is 1. The molecule has 0 amide bonds. The largest absolute Gasteiger partial charge is 0.492 e. The first kappa shape index (κ1) is 12.2. The van der Waals surface area contributed by atoms with Crippen molar-refractivity contribution in [3.63, 3.8) is 0 Å². The second-order valence-electron chi connectivity index (χ2n) is 4.07. The van der Waals surface area contributed by atoms with Crippen LogP contribution in [0.4, 0.5) is 5.69 Å². The van der Waals surface area contributed by atoms with Gasteiger partial charge >= 0.3 is 0 Å². The molecule has 0 unspecified atom stereocenters. The van der Waals surface area contributed by atoms with Crippen molar-refractivity contribution in [2.24, 2.45) is 0 Å². The standard InChI is InChI=1S/C14H16N2O2/c1-11-3-2-4-14(17)16(11)9-10-18-13-7-5-12(15)6-8-13/h2-8H,9-10,15H2,1H3. The van der Waals surface area contributed by atoms with E-state index in [0.717, 1.165) is 11.4 Å². The molecule has 4 heteroatoms. The highest BCUT2D eigenvalue weighted by Crippen LogP contribution is 2.12. The number of hydrogen-bond donors (Lipinski definition) is 1. The second kappa shape index (κ2) is 5.40. The summed E-state index contributed by atoms with van der Waals surface area (Å²) < 4.78 is 7.25. The SMILES string of the molecule is Cc1cccc(=O)n1CCOc1ccc(N)cc1. The third-order valence-corrected chi connectivity index (χ3v) is 2.73. The molecular weight excluding hydrogens is 228 g/mol. The van der Waals surface area contributed by atoms with Gasteiger partial charge in [0.15, 0.2) is 0 Å². The number of ether oxygens (including phenoxy) is 1. The molecule has 2 N–H and O–H groups in total. The van der Waals surface area contributed by atoms with Crippen LogP contribution >= 0.6 is 0 Å². The lowest BCUT2D eigenvalue weighted by molar-refractivity contribution is 0.295. The molecule has 2 rings (SSSR count). The summed E-state index contributed by atoms with van der Waals surface area (Å²) in [5.41, 5.74) is 7.22. The summed E-state index contributed by atoms with van der Waals surface area (Å²) in [6, 6.07) is 12.4. The van der Waals surface area contributed by atoms with Crippen molar-refractivity contribution in [3.8, 4) is 5.75 Å². The molecule has 0 bridgehead atoms. The molecule has 0 radical (unpaired) electrons. The molecule has 2 aromatic rings. The highest BCUT2D eigenvalue weighted by Gasteiger charge is 1.99. The lowest BCUT2D eigenvalue weighted by Crippen LogP contribution is -2.23. The topological polar surface area (TPSA) is 57.2 Å². The Morgan fingerprint density at radius 1 is 1.17 bits per heavy atom. The molecular formula is C14H16N2O2. The Morgan fingerprint density at radius 3 is 2.56 bits per heavy atom. The summed E-state index contributed by atoms with van der Waals surface area (Å²) in [5, 5.41) is 0. The molecule has 1 heterocycles. The number of rotatable bonds is 4. The van der Waals surface area contributed by atoms with Gasteiger partial charge in [0, 0.05) is 17.4 Å². The van der Waals surface area contributed by atoms with Crippen LogP contribution in [0.15, 0.2) is 47.3 Å². The maximum atomic E-state index is 11.6. The van der Waals surface area contributed by atoms with Crippen LogP contribution in [0.1, 0.15) is 5.69 Å². The van der Waals surface area contributed by atoms with E-state index in [1.54, 1.807) is 28.8 Å². The van der Waals surface area contributed by atoms with Crippen LogP contribution in [0.25, 0.3) is 0 Å². The van der Waals surface area contributed by atoms with E-state index in [1.807, 2.05) is 25.1 Å². The van der Waals surface area contributed by atoms with Gasteiger partial charge in [0.2, 0.25) is 0 Å². The number of benzene rings is 1. The normalized spacial score (nSPS) is 10.3. The Bertz CT molecular complexity index is 573. The molecule has 0 atom stereocenters. The molecule has 0 saturated carbocycles. The molecule has 1 aromatic carbocycles. The monoisotopic (exact) mass is 244 g/mol. The van der Waals surface area contributed by atoms with Gasteiger partial charge in [0.25, 0.3) is 5.56 Å². The van der Waals surface area contributed by atoms with E-state index in [-0.39, 0.29) is 5.56 Å². The summed E-state index contributed by atoms with van der Waals surface area (Å²) in [5.74, 6) is 0.755. The summed E-state index contributed by atoms with van der Waals surface area (Å²) in [4.78, 5) is 11.6. The lowest BCUT2D eigenvalue weighted by Gasteiger charge is -2.10. The number of aryl methyl sites for hydroxylation is 1. The molecule has 0 aliphatic carbocycles. The third-order valence-electron chi connectivity index (χ3n) is 2.73. The zero-order valence-electron chi connectivity index (χ0n) is 10.3. The maximum absolute atomic E-state index is 11.6. The quantitative estimate of drug-likeness (QED) is 0.835. The molecule has 94 valence electrons. The van der Waals surface area contributed by atoms with E-state index in [9.17, 15) is 4.79 Å². The van der Waals surface area contributed by atoms with Crippen LogP contribution in [0.2, 0.25) is 0 Å². The molecule has 0 fully saturated rings. The summed E-state index contributed by atoms with van der Waals surface area (Å²) in [6.45, 7) is 2.90.